The number of hydrogen-bond donors (Lipinski definition) is 3. The van der Waals surface area contributed by atoms with Crippen LogP contribution in [0.15, 0.2) is 72.1 Å². The lowest BCUT2D eigenvalue weighted by molar-refractivity contribution is -0.141. The molecule has 2 atom stereocenters. The number of aryl methyl sites for hydroxylation is 1. The van der Waals surface area contributed by atoms with Gasteiger partial charge in [-0.25, -0.2) is 10.3 Å². The maximum Gasteiger partial charge on any atom is 0.410 e. The fourth-order valence-electron chi connectivity index (χ4n) is 4.94. The highest BCUT2D eigenvalue weighted by molar-refractivity contribution is 7.09. The average Bonchev–Trinajstić information content (AvgIpc) is 3.52. The highest BCUT2D eigenvalue weighted by Gasteiger charge is 2.40. The molecule has 10 nitrogen and oxygen atoms in total. The van der Waals surface area contributed by atoms with Crippen LogP contribution < -0.4 is 15.5 Å². The molecule has 41 heavy (non-hydrogen) atoms. The first-order chi connectivity index (χ1) is 19.9. The number of aromatic nitrogens is 1. The normalized spacial score (nSPS) is 16.7. The van der Waals surface area contributed by atoms with Gasteiger partial charge in [-0.15, -0.1) is 11.3 Å². The minimum absolute atomic E-state index is 0.0519. The average molecular weight is 575 g/mol. The van der Waals surface area contributed by atoms with Gasteiger partial charge in [0.1, 0.15) is 19.0 Å². The number of pyridine rings is 1. The van der Waals surface area contributed by atoms with Crippen molar-refractivity contribution >= 4 is 45.8 Å². The van der Waals surface area contributed by atoms with E-state index >= 15 is 0 Å². The maximum atomic E-state index is 13.2. The molecule has 3 N–H and O–H groups in total. The zero-order chi connectivity index (χ0) is 28.8. The largest absolute Gasteiger partial charge is 0.489 e. The molecule has 2 unspecified atom stereocenters. The van der Waals surface area contributed by atoms with E-state index in [1.165, 1.54) is 16.2 Å². The number of amides is 3. The Hall–Kier alpha value is -4.48. The van der Waals surface area contributed by atoms with Crippen LogP contribution in [0.25, 0.3) is 10.9 Å². The summed E-state index contributed by atoms with van der Waals surface area (Å²) in [5, 5.41) is 15.0. The number of benzene rings is 2. The molecule has 2 aromatic heterocycles. The first-order valence-electron chi connectivity index (χ1n) is 13.2. The number of hydroxylamine groups is 1. The molecular weight excluding hydrogens is 544 g/mol. The predicted octanol–water partition coefficient (Wildman–Crippen LogP) is 4.90. The zero-order valence-corrected chi connectivity index (χ0v) is 23.2. The Labute approximate surface area is 240 Å². The van der Waals surface area contributed by atoms with Gasteiger partial charge in [0.25, 0.3) is 0 Å². The lowest BCUT2D eigenvalue weighted by Gasteiger charge is -2.35. The van der Waals surface area contributed by atoms with E-state index in [9.17, 15) is 19.6 Å². The zero-order valence-electron chi connectivity index (χ0n) is 22.4. The van der Waals surface area contributed by atoms with Gasteiger partial charge in [-0.3, -0.25) is 19.8 Å². The van der Waals surface area contributed by atoms with Crippen LogP contribution in [0.1, 0.15) is 22.6 Å². The van der Waals surface area contributed by atoms with Gasteiger partial charge >= 0.3 is 6.09 Å². The molecule has 3 amide bonds. The van der Waals surface area contributed by atoms with Gasteiger partial charge in [0.05, 0.1) is 17.4 Å². The van der Waals surface area contributed by atoms with Crippen molar-refractivity contribution in [1.29, 1.82) is 0 Å². The van der Waals surface area contributed by atoms with E-state index < -0.39 is 23.8 Å². The van der Waals surface area contributed by atoms with Gasteiger partial charge in [-0.1, -0.05) is 24.3 Å². The third kappa shape index (κ3) is 6.82. The first-order valence-corrected chi connectivity index (χ1v) is 14.1. The van der Waals surface area contributed by atoms with Gasteiger partial charge in [-0.2, -0.15) is 0 Å². The van der Waals surface area contributed by atoms with E-state index in [-0.39, 0.29) is 32.0 Å². The number of nitrogens with one attached hydrogen (secondary N) is 2. The third-order valence-electron chi connectivity index (χ3n) is 7.02. The molecule has 0 radical (unpaired) electrons. The summed E-state index contributed by atoms with van der Waals surface area (Å²) < 4.78 is 11.4. The minimum Gasteiger partial charge on any atom is -0.489 e. The maximum absolute atomic E-state index is 13.2. The summed E-state index contributed by atoms with van der Waals surface area (Å²) in [6.45, 7) is 2.63. The highest BCUT2D eigenvalue weighted by Crippen LogP contribution is 2.27. The lowest BCUT2D eigenvalue weighted by atomic mass is 9.84. The van der Waals surface area contributed by atoms with Gasteiger partial charge in [0.15, 0.2) is 0 Å². The highest BCUT2D eigenvalue weighted by atomic mass is 32.1. The molecule has 1 fully saturated rings. The van der Waals surface area contributed by atoms with Crippen LogP contribution >= 0.6 is 11.3 Å². The van der Waals surface area contributed by atoms with Crippen LogP contribution in [0.2, 0.25) is 0 Å². The Balaban J connectivity index is 1.18. The fraction of sp³-hybridized carbons (Fsp3) is 0.267. The standard InChI is InChI=1S/C30H30N4O6S/c1-19-15-20(24-6-2-3-7-27(24)31-19)17-39-22-10-8-21(9-11-22)32-28(35)25-12-13-34(16-26(25)29(36)33-38)30(37)40-18-23-5-4-14-41-23/h2-11,14-15,25-26,38H,12-13,16-18H2,1H3,(H,32,35)(H,33,36). The molecule has 3 heterocycles. The van der Waals surface area contributed by atoms with Crippen LogP contribution in [0.4, 0.5) is 10.5 Å². The smallest absolute Gasteiger partial charge is 0.410 e. The SMILES string of the molecule is Cc1cc(COc2ccc(NC(=O)C3CCN(C(=O)OCc4cccs4)CC3C(=O)NO)cc2)c2ccccc2n1. The molecule has 0 bridgehead atoms. The third-order valence-corrected chi connectivity index (χ3v) is 7.87. The molecular formula is C30H30N4O6S. The van der Waals surface area contributed by atoms with E-state index in [1.54, 1.807) is 29.7 Å². The molecule has 2 aromatic carbocycles. The van der Waals surface area contributed by atoms with Crippen LogP contribution in [0.5, 0.6) is 5.75 Å². The summed E-state index contributed by atoms with van der Waals surface area (Å²) in [6.07, 6.45) is -0.336. The van der Waals surface area contributed by atoms with Crippen molar-refractivity contribution in [2.45, 2.75) is 26.6 Å². The number of piperidine rings is 1. The Morgan fingerprint density at radius 2 is 1.83 bits per heavy atom. The summed E-state index contributed by atoms with van der Waals surface area (Å²) in [7, 11) is 0. The number of rotatable bonds is 8. The van der Waals surface area contributed by atoms with E-state index in [0.717, 1.165) is 27.0 Å². The monoisotopic (exact) mass is 574 g/mol. The first kappa shape index (κ1) is 28.1. The minimum atomic E-state index is -0.940. The lowest BCUT2D eigenvalue weighted by Crippen LogP contribution is -2.52. The van der Waals surface area contributed by atoms with Crippen molar-refractivity contribution in [1.82, 2.24) is 15.4 Å². The summed E-state index contributed by atoms with van der Waals surface area (Å²) in [5.74, 6) is -2.17. The van der Waals surface area contributed by atoms with Crippen molar-refractivity contribution in [3.8, 4) is 5.75 Å². The van der Waals surface area contributed by atoms with E-state index in [4.69, 9.17) is 9.47 Å². The van der Waals surface area contributed by atoms with Gasteiger partial charge in [-0.05, 0) is 61.2 Å². The van der Waals surface area contributed by atoms with Crippen molar-refractivity contribution in [3.05, 3.63) is 88.2 Å². The number of thiophene rings is 1. The number of likely N-dealkylation sites (tertiary alicyclic amines) is 1. The molecule has 1 aliphatic heterocycles. The summed E-state index contributed by atoms with van der Waals surface area (Å²) in [6, 6.07) is 20.6. The Kier molecular flexibility index (Phi) is 8.76. The van der Waals surface area contributed by atoms with E-state index in [1.807, 2.05) is 54.8 Å². The molecule has 4 aromatic rings. The predicted molar refractivity (Wildman–Crippen MR) is 153 cm³/mol. The number of para-hydroxylation sites is 1. The second kappa shape index (κ2) is 12.8. The van der Waals surface area contributed by atoms with Gasteiger partial charge in [0, 0.05) is 40.3 Å². The van der Waals surface area contributed by atoms with Crippen LogP contribution in [-0.4, -0.2) is 46.1 Å². The number of fused-ring (bicyclic) bond motifs is 1. The summed E-state index contributed by atoms with van der Waals surface area (Å²) in [4.78, 5) is 45.0. The molecule has 1 saturated heterocycles. The van der Waals surface area contributed by atoms with Crippen LogP contribution in [0, 0.1) is 18.8 Å². The number of nitrogens with zero attached hydrogens (tertiary/aromatic N) is 2. The second-order valence-electron chi connectivity index (χ2n) is 9.80. The molecule has 5 rings (SSSR count). The number of hydrogen-bond acceptors (Lipinski definition) is 8. The Bertz CT molecular complexity index is 1530. The van der Waals surface area contributed by atoms with E-state index in [2.05, 4.69) is 10.3 Å². The number of carbonyl (C=O) groups is 3. The van der Waals surface area contributed by atoms with Crippen LogP contribution in [-0.2, 0) is 27.5 Å². The van der Waals surface area contributed by atoms with Crippen molar-refractivity contribution in [2.75, 3.05) is 18.4 Å². The second-order valence-corrected chi connectivity index (χ2v) is 10.8. The molecule has 11 heteroatoms. The molecule has 1 aliphatic rings. The van der Waals surface area contributed by atoms with Crippen molar-refractivity contribution in [3.63, 3.8) is 0 Å². The molecule has 0 aliphatic carbocycles. The topological polar surface area (TPSA) is 130 Å². The van der Waals surface area contributed by atoms with E-state index in [0.29, 0.717) is 18.0 Å². The van der Waals surface area contributed by atoms with Gasteiger partial charge < -0.3 is 19.7 Å². The molecule has 0 saturated carbocycles. The Morgan fingerprint density at radius 1 is 1.02 bits per heavy atom. The number of ether oxygens (including phenoxy) is 2. The van der Waals surface area contributed by atoms with Gasteiger partial charge in [0.2, 0.25) is 11.8 Å². The summed E-state index contributed by atoms with van der Waals surface area (Å²) in [5.41, 5.74) is 5.02. The molecule has 212 valence electrons. The Morgan fingerprint density at radius 3 is 2.59 bits per heavy atom. The fourth-order valence-corrected chi connectivity index (χ4v) is 5.56. The summed E-state index contributed by atoms with van der Waals surface area (Å²) >= 11 is 1.47. The quantitative estimate of drug-likeness (QED) is 0.202. The van der Waals surface area contributed by atoms with Crippen molar-refractivity contribution in [2.24, 2.45) is 11.8 Å². The molecule has 0 spiro atoms. The number of carbonyl (C=O) groups excluding carboxylic acids is 3. The van der Waals surface area contributed by atoms with Crippen LogP contribution in [0.3, 0.4) is 0 Å². The van der Waals surface area contributed by atoms with Crippen molar-refractivity contribution < 1.29 is 29.1 Å². The number of anilines is 1.